The molecule has 1 fully saturated rings. The first-order valence-electron chi connectivity index (χ1n) is 7.09. The molecule has 0 radical (unpaired) electrons. The lowest BCUT2D eigenvalue weighted by Gasteiger charge is -2.32. The maximum atomic E-state index is 12.2. The minimum absolute atomic E-state index is 0.326. The van der Waals surface area contributed by atoms with Crippen LogP contribution in [-0.2, 0) is 4.79 Å². The molecule has 0 heterocycles. The molecule has 2 N–H and O–H groups in total. The number of hydrogen-bond donors (Lipinski definition) is 1. The van der Waals surface area contributed by atoms with E-state index in [1.165, 1.54) is 12.8 Å². The van der Waals surface area contributed by atoms with E-state index in [9.17, 15) is 4.79 Å². The maximum Gasteiger partial charge on any atom is 0.222 e. The fourth-order valence-electron chi connectivity index (χ4n) is 2.85. The van der Waals surface area contributed by atoms with Crippen LogP contribution in [0.3, 0.4) is 0 Å². The smallest absolute Gasteiger partial charge is 0.222 e. The summed E-state index contributed by atoms with van der Waals surface area (Å²) in [7, 11) is 0. The van der Waals surface area contributed by atoms with Crippen molar-refractivity contribution in [1.29, 1.82) is 0 Å². The molecule has 1 rings (SSSR count). The summed E-state index contributed by atoms with van der Waals surface area (Å²) < 4.78 is 0. The number of amides is 1. The fraction of sp³-hybridized carbons (Fsp3) is 0.929. The summed E-state index contributed by atoms with van der Waals surface area (Å²) in [6.45, 7) is 7.97. The lowest BCUT2D eigenvalue weighted by molar-refractivity contribution is -0.134. The van der Waals surface area contributed by atoms with E-state index in [-0.39, 0.29) is 0 Å². The van der Waals surface area contributed by atoms with Crippen molar-refractivity contribution in [2.75, 3.05) is 13.1 Å². The summed E-state index contributed by atoms with van der Waals surface area (Å²) in [5, 5.41) is 0. The van der Waals surface area contributed by atoms with E-state index in [0.717, 1.165) is 25.9 Å². The van der Waals surface area contributed by atoms with Crippen molar-refractivity contribution in [3.05, 3.63) is 0 Å². The van der Waals surface area contributed by atoms with Crippen LogP contribution in [0.25, 0.3) is 0 Å². The van der Waals surface area contributed by atoms with Crippen LogP contribution >= 0.6 is 0 Å². The third kappa shape index (κ3) is 3.98. The van der Waals surface area contributed by atoms with Gasteiger partial charge in [0.05, 0.1) is 0 Å². The molecule has 1 saturated carbocycles. The van der Waals surface area contributed by atoms with Crippen molar-refractivity contribution in [3.8, 4) is 0 Å². The molecule has 100 valence electrons. The van der Waals surface area contributed by atoms with E-state index in [1.54, 1.807) is 0 Å². The molecular formula is C14H28N2O. The Morgan fingerprint density at radius 1 is 1.41 bits per heavy atom. The van der Waals surface area contributed by atoms with Gasteiger partial charge < -0.3 is 10.6 Å². The van der Waals surface area contributed by atoms with E-state index >= 15 is 0 Å². The van der Waals surface area contributed by atoms with Crippen molar-refractivity contribution in [3.63, 3.8) is 0 Å². The van der Waals surface area contributed by atoms with Gasteiger partial charge in [0.15, 0.2) is 0 Å². The molecule has 17 heavy (non-hydrogen) atoms. The van der Waals surface area contributed by atoms with E-state index < -0.39 is 0 Å². The van der Waals surface area contributed by atoms with Gasteiger partial charge >= 0.3 is 0 Å². The van der Waals surface area contributed by atoms with Crippen LogP contribution < -0.4 is 5.73 Å². The molecule has 0 bridgehead atoms. The predicted octanol–water partition coefficient (Wildman–Crippen LogP) is 2.40. The second-order valence-electron chi connectivity index (χ2n) is 5.61. The third-order valence-corrected chi connectivity index (χ3v) is 3.92. The molecule has 1 aliphatic carbocycles. The molecule has 2 unspecified atom stereocenters. The highest BCUT2D eigenvalue weighted by Gasteiger charge is 2.32. The molecule has 1 aliphatic rings. The molecule has 3 nitrogen and oxygen atoms in total. The number of carbonyl (C=O) groups is 1. The molecule has 3 heteroatoms. The molecule has 0 saturated heterocycles. The van der Waals surface area contributed by atoms with Crippen LogP contribution in [-0.4, -0.2) is 29.9 Å². The minimum Gasteiger partial charge on any atom is -0.340 e. The SMILES string of the molecule is CCN(C(=O)CCC(C)C)C1CCCC1CN. The Kier molecular flexibility index (Phi) is 5.96. The lowest BCUT2D eigenvalue weighted by Crippen LogP contribution is -2.44. The topological polar surface area (TPSA) is 46.3 Å². The van der Waals surface area contributed by atoms with E-state index in [0.29, 0.717) is 30.2 Å². The molecule has 0 spiro atoms. The highest BCUT2D eigenvalue weighted by Crippen LogP contribution is 2.29. The monoisotopic (exact) mass is 240 g/mol. The fourth-order valence-corrected chi connectivity index (χ4v) is 2.85. The zero-order valence-electron chi connectivity index (χ0n) is 11.6. The molecule has 1 amide bonds. The van der Waals surface area contributed by atoms with Crippen LogP contribution in [0.15, 0.2) is 0 Å². The van der Waals surface area contributed by atoms with E-state index in [2.05, 4.69) is 25.7 Å². The summed E-state index contributed by atoms with van der Waals surface area (Å²) in [4.78, 5) is 14.3. The van der Waals surface area contributed by atoms with Crippen LogP contribution in [0, 0.1) is 11.8 Å². The van der Waals surface area contributed by atoms with Gasteiger partial charge in [0.2, 0.25) is 5.91 Å². The van der Waals surface area contributed by atoms with Gasteiger partial charge in [-0.25, -0.2) is 0 Å². The predicted molar refractivity (Wildman–Crippen MR) is 71.6 cm³/mol. The molecule has 0 aliphatic heterocycles. The summed E-state index contributed by atoms with van der Waals surface area (Å²) >= 11 is 0. The summed E-state index contributed by atoms with van der Waals surface area (Å²) in [5.41, 5.74) is 5.80. The molecule has 2 atom stereocenters. The zero-order chi connectivity index (χ0) is 12.8. The third-order valence-electron chi connectivity index (χ3n) is 3.92. The largest absolute Gasteiger partial charge is 0.340 e. The highest BCUT2D eigenvalue weighted by molar-refractivity contribution is 5.76. The molecule has 0 aromatic carbocycles. The van der Waals surface area contributed by atoms with Crippen LogP contribution in [0.5, 0.6) is 0 Å². The Bertz CT molecular complexity index is 240. The normalized spacial score (nSPS) is 24.3. The first kappa shape index (κ1) is 14.5. The van der Waals surface area contributed by atoms with Gasteiger partial charge in [-0.3, -0.25) is 4.79 Å². The highest BCUT2D eigenvalue weighted by atomic mass is 16.2. The number of hydrogen-bond acceptors (Lipinski definition) is 2. The van der Waals surface area contributed by atoms with E-state index in [4.69, 9.17) is 5.73 Å². The van der Waals surface area contributed by atoms with Gasteiger partial charge in [-0.1, -0.05) is 20.3 Å². The van der Waals surface area contributed by atoms with E-state index in [1.807, 2.05) is 0 Å². The van der Waals surface area contributed by atoms with Crippen LogP contribution in [0.1, 0.15) is 52.9 Å². The number of nitrogens with zero attached hydrogens (tertiary/aromatic N) is 1. The zero-order valence-corrected chi connectivity index (χ0v) is 11.6. The van der Waals surface area contributed by atoms with Crippen molar-refractivity contribution in [2.24, 2.45) is 17.6 Å². The van der Waals surface area contributed by atoms with Crippen LogP contribution in [0.2, 0.25) is 0 Å². The Hall–Kier alpha value is -0.570. The Morgan fingerprint density at radius 2 is 2.12 bits per heavy atom. The maximum absolute atomic E-state index is 12.2. The first-order valence-corrected chi connectivity index (χ1v) is 7.09. The average Bonchev–Trinajstić information content (AvgIpc) is 2.75. The lowest BCUT2D eigenvalue weighted by atomic mass is 10.0. The van der Waals surface area contributed by atoms with Crippen LogP contribution in [0.4, 0.5) is 0 Å². The minimum atomic E-state index is 0.326. The van der Waals surface area contributed by atoms with Crippen molar-refractivity contribution in [1.82, 2.24) is 4.90 Å². The number of nitrogens with two attached hydrogens (primary N) is 1. The van der Waals surface area contributed by atoms with Crippen molar-refractivity contribution < 1.29 is 4.79 Å². The first-order chi connectivity index (χ1) is 8.10. The number of rotatable bonds is 6. The summed E-state index contributed by atoms with van der Waals surface area (Å²) in [5.74, 6) is 1.45. The van der Waals surface area contributed by atoms with Crippen molar-refractivity contribution >= 4 is 5.91 Å². The summed E-state index contributed by atoms with van der Waals surface area (Å²) in [6, 6.07) is 0.407. The molecular weight excluding hydrogens is 212 g/mol. The average molecular weight is 240 g/mol. The van der Waals surface area contributed by atoms with Gasteiger partial charge in [-0.05, 0) is 44.6 Å². The van der Waals surface area contributed by atoms with Gasteiger partial charge in [0.1, 0.15) is 0 Å². The Morgan fingerprint density at radius 3 is 2.65 bits per heavy atom. The Balaban J connectivity index is 2.54. The quantitative estimate of drug-likeness (QED) is 0.775. The van der Waals surface area contributed by atoms with Gasteiger partial charge in [0.25, 0.3) is 0 Å². The Labute approximate surface area is 106 Å². The van der Waals surface area contributed by atoms with Gasteiger partial charge in [0, 0.05) is 19.0 Å². The van der Waals surface area contributed by atoms with Gasteiger partial charge in [-0.15, -0.1) is 0 Å². The van der Waals surface area contributed by atoms with Crippen molar-refractivity contribution in [2.45, 2.75) is 58.9 Å². The molecule has 0 aromatic rings. The standard InChI is InChI=1S/C14H28N2O/c1-4-16(14(17)9-8-11(2)3)13-7-5-6-12(13)10-15/h11-13H,4-10,15H2,1-3H3. The molecule has 0 aromatic heterocycles. The summed E-state index contributed by atoms with van der Waals surface area (Å²) in [6.07, 6.45) is 5.24. The second-order valence-corrected chi connectivity index (χ2v) is 5.61. The second kappa shape index (κ2) is 7.00. The number of carbonyl (C=O) groups excluding carboxylic acids is 1. The van der Waals surface area contributed by atoms with Gasteiger partial charge in [-0.2, -0.15) is 0 Å².